The molecule has 0 saturated heterocycles. The third kappa shape index (κ3) is 4.76. The molecule has 2 aromatic heterocycles. The highest BCUT2D eigenvalue weighted by Gasteiger charge is 2.15. The van der Waals surface area contributed by atoms with Crippen LogP contribution in [-0.4, -0.2) is 42.8 Å². The minimum absolute atomic E-state index is 0.0243. The highest BCUT2D eigenvalue weighted by molar-refractivity contribution is 7.92. The molecule has 3 rings (SSSR count). The number of nitrogens with zero attached hydrogens (tertiary/aromatic N) is 2. The van der Waals surface area contributed by atoms with Crippen molar-refractivity contribution in [2.75, 3.05) is 23.6 Å². The summed E-state index contributed by atoms with van der Waals surface area (Å²) < 4.78 is 34.1. The number of rotatable bonds is 8. The lowest BCUT2D eigenvalue weighted by atomic mass is 10.2. The largest absolute Gasteiger partial charge is 0.493 e. The molecule has 142 valence electrons. The highest BCUT2D eigenvalue weighted by Crippen LogP contribution is 2.17. The summed E-state index contributed by atoms with van der Waals surface area (Å²) in [6, 6.07) is 11.9. The number of anilines is 1. The first kappa shape index (κ1) is 18.7. The Morgan fingerprint density at radius 1 is 1.22 bits per heavy atom. The second-order valence-corrected chi connectivity index (χ2v) is 7.56. The van der Waals surface area contributed by atoms with Crippen molar-refractivity contribution in [1.29, 1.82) is 0 Å². The maximum absolute atomic E-state index is 12.3. The predicted octanol–water partition coefficient (Wildman–Crippen LogP) is 1.90. The topological polar surface area (TPSA) is 102 Å². The van der Waals surface area contributed by atoms with E-state index in [0.717, 1.165) is 5.52 Å². The molecule has 2 heterocycles. The summed E-state index contributed by atoms with van der Waals surface area (Å²) >= 11 is 0. The van der Waals surface area contributed by atoms with Crippen molar-refractivity contribution in [2.45, 2.75) is 6.92 Å². The van der Waals surface area contributed by atoms with E-state index in [4.69, 9.17) is 4.74 Å². The van der Waals surface area contributed by atoms with Crippen molar-refractivity contribution in [3.05, 3.63) is 60.4 Å². The Balaban J connectivity index is 1.58. The Hall–Kier alpha value is -3.07. The van der Waals surface area contributed by atoms with Gasteiger partial charge in [-0.05, 0) is 37.3 Å². The monoisotopic (exact) mass is 388 g/mol. The molecule has 0 saturated carbocycles. The molecular formula is C18H20N4O4S. The van der Waals surface area contributed by atoms with E-state index in [-0.39, 0.29) is 18.2 Å². The molecule has 0 fully saturated rings. The van der Waals surface area contributed by atoms with Gasteiger partial charge in [0.05, 0.1) is 29.1 Å². The minimum Gasteiger partial charge on any atom is -0.493 e. The van der Waals surface area contributed by atoms with Crippen molar-refractivity contribution < 1.29 is 17.9 Å². The van der Waals surface area contributed by atoms with Crippen LogP contribution in [0.5, 0.6) is 5.75 Å². The van der Waals surface area contributed by atoms with Gasteiger partial charge in [-0.1, -0.05) is 12.1 Å². The Labute approximate surface area is 157 Å². The number of carbonyl (C=O) groups excluding carboxylic acids is 1. The summed E-state index contributed by atoms with van der Waals surface area (Å²) in [4.78, 5) is 12.3. The highest BCUT2D eigenvalue weighted by atomic mass is 32.2. The van der Waals surface area contributed by atoms with Gasteiger partial charge in [-0.3, -0.25) is 9.52 Å². The fourth-order valence-electron chi connectivity index (χ4n) is 2.55. The maximum atomic E-state index is 12.3. The zero-order valence-corrected chi connectivity index (χ0v) is 15.6. The van der Waals surface area contributed by atoms with Crippen molar-refractivity contribution in [1.82, 2.24) is 14.9 Å². The van der Waals surface area contributed by atoms with Crippen LogP contribution in [0.1, 0.15) is 17.3 Å². The van der Waals surface area contributed by atoms with Gasteiger partial charge in [-0.25, -0.2) is 12.9 Å². The number of hydrogen-bond acceptors (Lipinski definition) is 5. The Kier molecular flexibility index (Phi) is 5.60. The lowest BCUT2D eigenvalue weighted by molar-refractivity contribution is 0.0952. The first-order valence-corrected chi connectivity index (χ1v) is 10.1. The number of sulfonamides is 1. The number of benzene rings is 1. The number of pyridine rings is 1. The van der Waals surface area contributed by atoms with Crippen LogP contribution < -0.4 is 14.8 Å². The van der Waals surface area contributed by atoms with Gasteiger partial charge in [-0.15, -0.1) is 0 Å². The fraction of sp³-hybridized carbons (Fsp3) is 0.222. The van der Waals surface area contributed by atoms with E-state index in [1.54, 1.807) is 59.4 Å². The molecule has 2 N–H and O–H groups in total. The molecule has 8 nitrogen and oxygen atoms in total. The van der Waals surface area contributed by atoms with E-state index < -0.39 is 10.0 Å². The van der Waals surface area contributed by atoms with Crippen LogP contribution in [0.4, 0.5) is 5.69 Å². The molecular weight excluding hydrogens is 368 g/mol. The number of fused-ring (bicyclic) bond motifs is 1. The molecule has 0 unspecified atom stereocenters. The fourth-order valence-corrected chi connectivity index (χ4v) is 3.50. The van der Waals surface area contributed by atoms with E-state index in [1.165, 1.54) is 0 Å². The van der Waals surface area contributed by atoms with Crippen LogP contribution in [0.2, 0.25) is 0 Å². The van der Waals surface area contributed by atoms with Crippen molar-refractivity contribution in [2.24, 2.45) is 0 Å². The summed E-state index contributed by atoms with van der Waals surface area (Å²) in [5, 5.41) is 6.67. The number of aromatic nitrogens is 2. The zero-order chi connectivity index (χ0) is 19.3. The second-order valence-electron chi connectivity index (χ2n) is 5.72. The van der Waals surface area contributed by atoms with Gasteiger partial charge in [-0.2, -0.15) is 5.10 Å². The van der Waals surface area contributed by atoms with Gasteiger partial charge in [0.1, 0.15) is 5.75 Å². The molecule has 27 heavy (non-hydrogen) atoms. The first-order valence-electron chi connectivity index (χ1n) is 8.42. The maximum Gasteiger partial charge on any atom is 0.255 e. The number of para-hydroxylation sites is 1. The number of amides is 1. The number of carbonyl (C=O) groups is 1. The van der Waals surface area contributed by atoms with Crippen molar-refractivity contribution >= 4 is 27.1 Å². The molecule has 0 aliphatic carbocycles. The van der Waals surface area contributed by atoms with Crippen LogP contribution in [0.3, 0.4) is 0 Å². The van der Waals surface area contributed by atoms with E-state index in [0.29, 0.717) is 23.6 Å². The molecule has 1 amide bonds. The zero-order valence-electron chi connectivity index (χ0n) is 14.8. The first-order chi connectivity index (χ1) is 13.0. The molecule has 0 spiro atoms. The third-order valence-electron chi connectivity index (χ3n) is 3.76. The third-order valence-corrected chi connectivity index (χ3v) is 5.05. The van der Waals surface area contributed by atoms with E-state index >= 15 is 0 Å². The SMILES string of the molecule is CCOc1ccccc1C(=O)NCCS(=O)(=O)Nc1ccn2nccc2c1. The van der Waals surface area contributed by atoms with Crippen molar-refractivity contribution in [3.63, 3.8) is 0 Å². The number of nitrogens with one attached hydrogen (secondary N) is 2. The summed E-state index contributed by atoms with van der Waals surface area (Å²) in [6.07, 6.45) is 3.29. The molecule has 0 bridgehead atoms. The van der Waals surface area contributed by atoms with Crippen LogP contribution >= 0.6 is 0 Å². The van der Waals surface area contributed by atoms with Gasteiger partial charge < -0.3 is 10.1 Å². The van der Waals surface area contributed by atoms with E-state index in [1.807, 2.05) is 6.92 Å². The van der Waals surface area contributed by atoms with Crippen LogP contribution in [-0.2, 0) is 10.0 Å². The van der Waals surface area contributed by atoms with Crippen LogP contribution in [0.25, 0.3) is 5.52 Å². The molecule has 1 aromatic carbocycles. The van der Waals surface area contributed by atoms with Gasteiger partial charge in [0.15, 0.2) is 0 Å². The van der Waals surface area contributed by atoms with Gasteiger partial charge in [0, 0.05) is 18.9 Å². The normalized spacial score (nSPS) is 11.3. The lowest BCUT2D eigenvalue weighted by Crippen LogP contribution is -2.31. The van der Waals surface area contributed by atoms with E-state index in [2.05, 4.69) is 15.1 Å². The van der Waals surface area contributed by atoms with Gasteiger partial charge >= 0.3 is 0 Å². The van der Waals surface area contributed by atoms with Crippen LogP contribution in [0, 0.1) is 0 Å². The molecule has 0 radical (unpaired) electrons. The molecule has 0 aliphatic rings. The Bertz CT molecular complexity index is 1050. The van der Waals surface area contributed by atoms with Gasteiger partial charge in [0.2, 0.25) is 10.0 Å². The number of hydrogen-bond donors (Lipinski definition) is 2. The second kappa shape index (κ2) is 8.09. The average Bonchev–Trinajstić information content (AvgIpc) is 3.09. The van der Waals surface area contributed by atoms with Gasteiger partial charge in [0.25, 0.3) is 5.91 Å². The molecule has 0 aliphatic heterocycles. The Morgan fingerprint density at radius 2 is 2.04 bits per heavy atom. The quantitative estimate of drug-likeness (QED) is 0.614. The van der Waals surface area contributed by atoms with Crippen molar-refractivity contribution in [3.8, 4) is 5.75 Å². The van der Waals surface area contributed by atoms with E-state index in [9.17, 15) is 13.2 Å². The standard InChI is InChI=1S/C18H20N4O4S/c1-2-26-17-6-4-3-5-16(17)18(23)19-10-12-27(24,25)21-14-8-11-22-15(13-14)7-9-20-22/h3-9,11,13,21H,2,10,12H2,1H3,(H,19,23). The number of ether oxygens (including phenoxy) is 1. The van der Waals surface area contributed by atoms with Crippen LogP contribution in [0.15, 0.2) is 54.9 Å². The smallest absolute Gasteiger partial charge is 0.255 e. The molecule has 0 atom stereocenters. The predicted molar refractivity (Wildman–Crippen MR) is 103 cm³/mol. The Morgan fingerprint density at radius 3 is 2.85 bits per heavy atom. The summed E-state index contributed by atoms with van der Waals surface area (Å²) in [5.74, 6) is -0.164. The average molecular weight is 388 g/mol. The summed E-state index contributed by atoms with van der Waals surface area (Å²) in [7, 11) is -3.61. The summed E-state index contributed by atoms with van der Waals surface area (Å²) in [6.45, 7) is 2.24. The summed E-state index contributed by atoms with van der Waals surface area (Å²) in [5.41, 5.74) is 1.59. The lowest BCUT2D eigenvalue weighted by Gasteiger charge is -2.11. The molecule has 9 heteroatoms. The molecule has 3 aromatic rings. The minimum atomic E-state index is -3.61.